The first-order chi connectivity index (χ1) is 15.3. The van der Waals surface area contributed by atoms with Gasteiger partial charge >= 0.3 is 5.97 Å². The molecule has 1 aliphatic rings. The van der Waals surface area contributed by atoms with E-state index < -0.39 is 28.6 Å². The lowest BCUT2D eigenvalue weighted by Gasteiger charge is -2.40. The molecule has 3 rings (SSSR count). The van der Waals surface area contributed by atoms with E-state index in [2.05, 4.69) is 5.32 Å². The van der Waals surface area contributed by atoms with E-state index in [0.717, 1.165) is 0 Å². The van der Waals surface area contributed by atoms with Gasteiger partial charge < -0.3 is 10.1 Å². The Morgan fingerprint density at radius 2 is 1.59 bits per heavy atom. The third kappa shape index (κ3) is 3.77. The van der Waals surface area contributed by atoms with Gasteiger partial charge in [0.1, 0.15) is 5.54 Å². The molecule has 2 aromatic rings. The molecule has 160 valence electrons. The Morgan fingerprint density at radius 3 is 2.12 bits per heavy atom. The van der Waals surface area contributed by atoms with Crippen LogP contribution in [0.15, 0.2) is 66.2 Å². The molecule has 1 aliphatic carbocycles. The van der Waals surface area contributed by atoms with Crippen LogP contribution >= 0.6 is 0 Å². The van der Waals surface area contributed by atoms with E-state index in [0.29, 0.717) is 11.1 Å². The number of hydrogen-bond donors (Lipinski definition) is 1. The quantitative estimate of drug-likeness (QED) is 0.732. The number of allylic oxidation sites excluding steroid dienone is 1. The van der Waals surface area contributed by atoms with Crippen LogP contribution in [0.4, 0.5) is 0 Å². The van der Waals surface area contributed by atoms with Crippen LogP contribution in [0.3, 0.4) is 0 Å². The number of rotatable bonds is 5. The third-order valence-corrected chi connectivity index (χ3v) is 5.39. The number of Topliss-reactive ketones (excluding diaryl/α,β-unsaturated/α-hetero) is 1. The highest BCUT2D eigenvalue weighted by atomic mass is 16.5. The summed E-state index contributed by atoms with van der Waals surface area (Å²) in [7, 11) is 0. The van der Waals surface area contributed by atoms with Crippen molar-refractivity contribution in [2.24, 2.45) is 5.41 Å². The zero-order chi connectivity index (χ0) is 23.4. The fourth-order valence-corrected chi connectivity index (χ4v) is 3.92. The molecule has 0 spiro atoms. The van der Waals surface area contributed by atoms with Crippen molar-refractivity contribution in [1.82, 2.24) is 5.32 Å². The van der Waals surface area contributed by atoms with Gasteiger partial charge in [0.25, 0.3) is 5.91 Å². The van der Waals surface area contributed by atoms with Crippen LogP contribution in [0.1, 0.15) is 36.2 Å². The zero-order valence-corrected chi connectivity index (χ0v) is 17.7. The van der Waals surface area contributed by atoms with E-state index in [1.165, 1.54) is 6.92 Å². The summed E-state index contributed by atoms with van der Waals surface area (Å²) in [6, 6.07) is 20.2. The maximum absolute atomic E-state index is 13.7. The Balaban J connectivity index is 2.22. The summed E-state index contributed by atoms with van der Waals surface area (Å²) in [6.45, 7) is 3.12. The normalized spacial score (nSPS) is 19.4. The lowest BCUT2D eigenvalue weighted by Crippen LogP contribution is -2.60. The highest BCUT2D eigenvalue weighted by Gasteiger charge is 2.58. The molecule has 0 aromatic heterocycles. The number of carbonyl (C=O) groups excluding carboxylic acids is 3. The molecule has 0 unspecified atom stereocenters. The highest BCUT2D eigenvalue weighted by Crippen LogP contribution is 2.47. The average Bonchev–Trinajstić information content (AvgIpc) is 2.82. The largest absolute Gasteiger partial charge is 0.463 e. The maximum atomic E-state index is 13.7. The van der Waals surface area contributed by atoms with Gasteiger partial charge in [-0.3, -0.25) is 9.59 Å². The number of esters is 1. The van der Waals surface area contributed by atoms with E-state index in [9.17, 15) is 24.9 Å². The standard InChI is InChI=1S/C25H21N3O4/c1-3-32-22(30)19-14-24(2,28-21(29)18-12-8-5-9-13-18)23(31)25(15-26,16-27)20(19)17-10-6-4-7-11-17/h4-13H,3,14H2,1-2H3,(H,28,29)/t24-/m1/s1. The first kappa shape index (κ1) is 22.5. The molecule has 7 heteroatoms. The van der Waals surface area contributed by atoms with Gasteiger partial charge in [0, 0.05) is 23.1 Å². The van der Waals surface area contributed by atoms with Crippen LogP contribution in [-0.2, 0) is 14.3 Å². The van der Waals surface area contributed by atoms with Crippen molar-refractivity contribution >= 4 is 23.2 Å². The minimum absolute atomic E-state index is 0.00187. The first-order valence-corrected chi connectivity index (χ1v) is 10.0. The predicted octanol–water partition coefficient (Wildman–Crippen LogP) is 3.20. The number of amides is 1. The molecule has 1 amide bonds. The van der Waals surface area contributed by atoms with Gasteiger partial charge in [0.2, 0.25) is 5.41 Å². The molecule has 0 aliphatic heterocycles. The molecule has 1 atom stereocenters. The number of nitrogens with one attached hydrogen (secondary N) is 1. The number of nitrogens with zero attached hydrogens (tertiary/aromatic N) is 2. The summed E-state index contributed by atoms with van der Waals surface area (Å²) in [4.78, 5) is 39.4. The van der Waals surface area contributed by atoms with Gasteiger partial charge in [-0.15, -0.1) is 0 Å². The molecule has 0 fully saturated rings. The molecule has 0 bridgehead atoms. The van der Waals surface area contributed by atoms with Crippen molar-refractivity contribution in [3.63, 3.8) is 0 Å². The molecule has 0 saturated carbocycles. The van der Waals surface area contributed by atoms with Crippen LogP contribution in [0.25, 0.3) is 5.57 Å². The minimum Gasteiger partial charge on any atom is -0.463 e. The topological polar surface area (TPSA) is 120 Å². The van der Waals surface area contributed by atoms with Crippen molar-refractivity contribution in [2.75, 3.05) is 6.61 Å². The molecular formula is C25H21N3O4. The number of ketones is 1. The first-order valence-electron chi connectivity index (χ1n) is 10.0. The van der Waals surface area contributed by atoms with Crippen LogP contribution in [0.5, 0.6) is 0 Å². The molecule has 2 aromatic carbocycles. The summed E-state index contributed by atoms with van der Waals surface area (Å²) >= 11 is 0. The smallest absolute Gasteiger partial charge is 0.334 e. The zero-order valence-electron chi connectivity index (χ0n) is 17.7. The molecule has 0 saturated heterocycles. The summed E-state index contributed by atoms with van der Waals surface area (Å²) < 4.78 is 5.19. The highest BCUT2D eigenvalue weighted by molar-refractivity contribution is 6.17. The average molecular weight is 427 g/mol. The second-order valence-corrected chi connectivity index (χ2v) is 7.57. The van der Waals surface area contributed by atoms with Gasteiger partial charge in [-0.25, -0.2) is 4.79 Å². The van der Waals surface area contributed by atoms with Gasteiger partial charge in [0.05, 0.1) is 18.7 Å². The van der Waals surface area contributed by atoms with Crippen molar-refractivity contribution in [2.45, 2.75) is 25.8 Å². The summed E-state index contributed by atoms with van der Waals surface area (Å²) in [5, 5.41) is 22.8. The van der Waals surface area contributed by atoms with Gasteiger partial charge in [0.15, 0.2) is 5.78 Å². The van der Waals surface area contributed by atoms with Crippen LogP contribution in [0, 0.1) is 28.1 Å². The Bertz CT molecular complexity index is 1160. The number of nitriles is 2. The number of ether oxygens (including phenoxy) is 1. The Labute approximate surface area is 185 Å². The third-order valence-electron chi connectivity index (χ3n) is 5.39. The predicted molar refractivity (Wildman–Crippen MR) is 116 cm³/mol. The Morgan fingerprint density at radius 1 is 1.03 bits per heavy atom. The summed E-state index contributed by atoms with van der Waals surface area (Å²) in [5.74, 6) is -2.10. The number of benzene rings is 2. The minimum atomic E-state index is -2.31. The molecule has 32 heavy (non-hydrogen) atoms. The summed E-state index contributed by atoms with van der Waals surface area (Å²) in [6.07, 6.45) is -0.224. The van der Waals surface area contributed by atoms with Gasteiger partial charge in [-0.05, 0) is 31.5 Å². The number of carbonyl (C=O) groups is 3. The Hall–Kier alpha value is -4.23. The lowest BCUT2D eigenvalue weighted by molar-refractivity contribution is -0.139. The van der Waals surface area contributed by atoms with E-state index in [-0.39, 0.29) is 24.2 Å². The number of hydrogen-bond acceptors (Lipinski definition) is 6. The SMILES string of the molecule is CCOC(=O)C1=C(c2ccccc2)C(C#N)(C#N)C(=O)[C@](C)(NC(=O)c2ccccc2)C1. The van der Waals surface area contributed by atoms with Crippen LogP contribution < -0.4 is 5.32 Å². The van der Waals surface area contributed by atoms with Crippen LogP contribution in [-0.4, -0.2) is 29.8 Å². The second-order valence-electron chi connectivity index (χ2n) is 7.57. The molecular weight excluding hydrogens is 406 g/mol. The van der Waals surface area contributed by atoms with Crippen molar-refractivity contribution < 1.29 is 19.1 Å². The van der Waals surface area contributed by atoms with Gasteiger partial charge in [-0.1, -0.05) is 48.5 Å². The monoisotopic (exact) mass is 427 g/mol. The second kappa shape index (κ2) is 8.87. The van der Waals surface area contributed by atoms with E-state index >= 15 is 0 Å². The van der Waals surface area contributed by atoms with E-state index in [4.69, 9.17) is 4.74 Å². The van der Waals surface area contributed by atoms with Gasteiger partial charge in [-0.2, -0.15) is 10.5 Å². The molecule has 1 N–H and O–H groups in total. The maximum Gasteiger partial charge on any atom is 0.334 e. The lowest BCUT2D eigenvalue weighted by atomic mass is 9.62. The molecule has 0 heterocycles. The summed E-state index contributed by atoms with van der Waals surface area (Å²) in [5.41, 5.74) is -3.28. The fraction of sp³-hybridized carbons (Fsp3) is 0.240. The molecule has 0 radical (unpaired) electrons. The van der Waals surface area contributed by atoms with Crippen molar-refractivity contribution in [3.05, 3.63) is 77.4 Å². The van der Waals surface area contributed by atoms with Crippen LogP contribution in [0.2, 0.25) is 0 Å². The van der Waals surface area contributed by atoms with Crippen molar-refractivity contribution in [3.8, 4) is 12.1 Å². The molecule has 7 nitrogen and oxygen atoms in total. The van der Waals surface area contributed by atoms with Crippen molar-refractivity contribution in [1.29, 1.82) is 10.5 Å². The fourth-order valence-electron chi connectivity index (χ4n) is 3.92. The van der Waals surface area contributed by atoms with E-state index in [1.54, 1.807) is 67.6 Å². The van der Waals surface area contributed by atoms with E-state index in [1.807, 2.05) is 12.1 Å². The Kier molecular flexibility index (Phi) is 6.22.